The quantitative estimate of drug-likeness (QED) is 0.173. The molecule has 0 fully saturated rings. The first-order valence-corrected chi connectivity index (χ1v) is 23.0. The van der Waals surface area contributed by atoms with Crippen LogP contribution in [0.4, 0.5) is 0 Å². The van der Waals surface area contributed by atoms with Gasteiger partial charge in [0.2, 0.25) is 0 Å². The van der Waals surface area contributed by atoms with Crippen molar-refractivity contribution in [2.24, 2.45) is 0 Å². The van der Waals surface area contributed by atoms with E-state index in [0.29, 0.717) is 17.5 Å². The van der Waals surface area contributed by atoms with E-state index in [9.17, 15) is 0 Å². The van der Waals surface area contributed by atoms with Crippen molar-refractivity contribution < 1.29 is 4.42 Å². The molecule has 0 bridgehead atoms. The Morgan fingerprint density at radius 1 is 0.375 bits per heavy atom. The molecule has 14 aromatic rings. The molecule has 0 aliphatic carbocycles. The molecule has 7 heteroatoms. The van der Waals surface area contributed by atoms with Crippen molar-refractivity contribution in [2.75, 3.05) is 0 Å². The van der Waals surface area contributed by atoms with Crippen LogP contribution in [0.1, 0.15) is 0 Å². The largest absolute Gasteiger partial charge is 0.454 e. The maximum Gasteiger partial charge on any atom is 0.165 e. The molecule has 0 saturated carbocycles. The van der Waals surface area contributed by atoms with Gasteiger partial charge in [-0.2, -0.15) is 0 Å². The van der Waals surface area contributed by atoms with E-state index in [0.717, 1.165) is 71.9 Å². The summed E-state index contributed by atoms with van der Waals surface area (Å²) in [4.78, 5) is 16.0. The number of nitrogens with zero attached hydrogens (tertiary/aromatic N) is 4. The maximum absolute atomic E-state index is 6.66. The normalized spacial score (nSPS) is 12.1. The summed E-state index contributed by atoms with van der Waals surface area (Å²) < 4.78 is 13.8. The standard InChI is InChI=1S/C57H32N4OS2/c1-5-25-47-37(17-1)41-29-30-42-38-18-2-6-26-48(38)62-52(42)51(41)61(47)36-16-10-14-34(32-36)33-13-9-15-35(31-33)55-58-56(45-23-11-21-43-39-19-3-7-27-49(39)63-53(43)45)60-57(59-55)46-24-12-22-44-40-20-4-8-28-50(40)64-54(44)46/h1-32H. The zero-order valence-corrected chi connectivity index (χ0v) is 35.6. The SMILES string of the molecule is c1cc(-c2cccc(-n3c4ccccc4c4ccc5c6ccccc6oc5c43)c2)cc(-c2nc(-c3cccc4c3sc3ccccc34)nc(-c3cccc4c3sc3ccccc34)n2)c1. The van der Waals surface area contributed by atoms with Gasteiger partial charge in [0.15, 0.2) is 23.1 Å². The van der Waals surface area contributed by atoms with Crippen LogP contribution in [0, 0.1) is 0 Å². The van der Waals surface area contributed by atoms with Crippen LogP contribution < -0.4 is 0 Å². The number of hydrogen-bond donors (Lipinski definition) is 0. The zero-order chi connectivity index (χ0) is 41.9. The lowest BCUT2D eigenvalue weighted by molar-refractivity contribution is 0.671. The summed E-state index contributed by atoms with van der Waals surface area (Å²) in [6, 6.07) is 68.9. The van der Waals surface area contributed by atoms with Gasteiger partial charge in [0.05, 0.1) is 11.0 Å². The summed E-state index contributed by atoms with van der Waals surface area (Å²) in [5, 5.41) is 9.48. The van der Waals surface area contributed by atoms with Crippen LogP contribution in [0.5, 0.6) is 0 Å². The second-order valence-electron chi connectivity index (χ2n) is 16.3. The summed E-state index contributed by atoms with van der Waals surface area (Å²) in [6.07, 6.45) is 0. The van der Waals surface area contributed by atoms with Crippen LogP contribution in [0.15, 0.2) is 199 Å². The van der Waals surface area contributed by atoms with Gasteiger partial charge in [-0.1, -0.05) is 133 Å². The number of para-hydroxylation sites is 2. The molecule has 14 rings (SSSR count). The van der Waals surface area contributed by atoms with E-state index in [-0.39, 0.29) is 0 Å². The molecule has 0 amide bonds. The van der Waals surface area contributed by atoms with Gasteiger partial charge in [-0.25, -0.2) is 15.0 Å². The minimum absolute atomic E-state index is 0.629. The highest BCUT2D eigenvalue weighted by Crippen LogP contribution is 2.44. The molecule has 0 N–H and O–H groups in total. The average Bonchev–Trinajstić information content (AvgIpc) is 4.13. The van der Waals surface area contributed by atoms with Crippen LogP contribution in [0.2, 0.25) is 0 Å². The van der Waals surface area contributed by atoms with Crippen LogP contribution in [-0.4, -0.2) is 19.5 Å². The molecule has 5 aromatic heterocycles. The topological polar surface area (TPSA) is 56.7 Å². The van der Waals surface area contributed by atoms with Crippen LogP contribution in [0.25, 0.3) is 135 Å². The molecule has 9 aromatic carbocycles. The summed E-state index contributed by atoms with van der Waals surface area (Å²) in [7, 11) is 0. The van der Waals surface area contributed by atoms with Gasteiger partial charge in [-0.15, -0.1) is 22.7 Å². The van der Waals surface area contributed by atoms with Gasteiger partial charge in [0.25, 0.3) is 0 Å². The van der Waals surface area contributed by atoms with E-state index in [4.69, 9.17) is 19.4 Å². The third-order valence-corrected chi connectivity index (χ3v) is 15.1. The predicted octanol–water partition coefficient (Wildman–Crippen LogP) is 16.3. The van der Waals surface area contributed by atoms with Gasteiger partial charge in [0.1, 0.15) is 5.58 Å². The fourth-order valence-corrected chi connectivity index (χ4v) is 12.2. The molecule has 5 nitrogen and oxygen atoms in total. The third kappa shape index (κ3) is 5.32. The minimum atomic E-state index is 0.629. The lowest BCUT2D eigenvalue weighted by Crippen LogP contribution is -2.00. The number of fused-ring (bicyclic) bond motifs is 13. The Morgan fingerprint density at radius 3 is 1.62 bits per heavy atom. The van der Waals surface area contributed by atoms with E-state index in [1.54, 1.807) is 22.7 Å². The highest BCUT2D eigenvalue weighted by molar-refractivity contribution is 7.26. The summed E-state index contributed by atoms with van der Waals surface area (Å²) in [5.41, 5.74) is 10.1. The summed E-state index contributed by atoms with van der Waals surface area (Å²) in [5.74, 6) is 1.95. The number of hydrogen-bond acceptors (Lipinski definition) is 6. The Kier molecular flexibility index (Phi) is 7.66. The number of thiophene rings is 2. The van der Waals surface area contributed by atoms with Crippen LogP contribution in [0.3, 0.4) is 0 Å². The van der Waals surface area contributed by atoms with Gasteiger partial charge in [-0.05, 0) is 71.8 Å². The maximum atomic E-state index is 6.66. The number of benzene rings is 9. The molecule has 64 heavy (non-hydrogen) atoms. The summed E-state index contributed by atoms with van der Waals surface area (Å²) in [6.45, 7) is 0. The van der Waals surface area contributed by atoms with E-state index in [1.807, 2.05) is 6.07 Å². The highest BCUT2D eigenvalue weighted by atomic mass is 32.1. The first kappa shape index (κ1) is 35.6. The Morgan fingerprint density at radius 2 is 0.906 bits per heavy atom. The van der Waals surface area contributed by atoms with Gasteiger partial charge in [-0.3, -0.25) is 0 Å². The molecule has 0 spiro atoms. The van der Waals surface area contributed by atoms with E-state index < -0.39 is 0 Å². The highest BCUT2D eigenvalue weighted by Gasteiger charge is 2.21. The first-order chi connectivity index (χ1) is 31.7. The van der Waals surface area contributed by atoms with Crippen molar-refractivity contribution in [1.29, 1.82) is 0 Å². The number of rotatable bonds is 5. The van der Waals surface area contributed by atoms with Gasteiger partial charge < -0.3 is 8.98 Å². The Labute approximate surface area is 373 Å². The third-order valence-electron chi connectivity index (χ3n) is 12.7. The second kappa shape index (κ2) is 13.8. The van der Waals surface area contributed by atoms with Gasteiger partial charge >= 0.3 is 0 Å². The molecule has 0 aliphatic rings. The van der Waals surface area contributed by atoms with Gasteiger partial charge in [0, 0.05) is 84.3 Å². The number of furan rings is 1. The first-order valence-electron chi connectivity index (χ1n) is 21.3. The minimum Gasteiger partial charge on any atom is -0.454 e. The molecule has 0 atom stereocenters. The van der Waals surface area contributed by atoms with Crippen molar-refractivity contribution in [3.63, 3.8) is 0 Å². The molecular weight excluding hydrogens is 821 g/mol. The second-order valence-corrected chi connectivity index (χ2v) is 18.4. The van der Waals surface area contributed by atoms with Crippen molar-refractivity contribution in [2.45, 2.75) is 0 Å². The van der Waals surface area contributed by atoms with E-state index >= 15 is 0 Å². The summed E-state index contributed by atoms with van der Waals surface area (Å²) >= 11 is 3.58. The number of aromatic nitrogens is 4. The van der Waals surface area contributed by atoms with E-state index in [2.05, 4.69) is 193 Å². The molecular formula is C57H32N4OS2. The smallest absolute Gasteiger partial charge is 0.165 e. The lowest BCUT2D eigenvalue weighted by Gasteiger charge is -2.12. The zero-order valence-electron chi connectivity index (χ0n) is 34.0. The van der Waals surface area contributed by atoms with Crippen LogP contribution in [-0.2, 0) is 0 Å². The molecule has 0 saturated heterocycles. The predicted molar refractivity (Wildman–Crippen MR) is 269 cm³/mol. The van der Waals surface area contributed by atoms with E-state index in [1.165, 1.54) is 45.7 Å². The van der Waals surface area contributed by atoms with Crippen molar-refractivity contribution in [1.82, 2.24) is 19.5 Å². The Bertz CT molecular complexity index is 4100. The lowest BCUT2D eigenvalue weighted by atomic mass is 10.0. The van der Waals surface area contributed by atoms with Crippen LogP contribution >= 0.6 is 22.7 Å². The Balaban J connectivity index is 0.955. The Hall–Kier alpha value is -7.97. The molecule has 0 radical (unpaired) electrons. The molecule has 0 unspecified atom stereocenters. The fraction of sp³-hybridized carbons (Fsp3) is 0. The molecule has 298 valence electrons. The molecule has 5 heterocycles. The van der Waals surface area contributed by atoms with Crippen molar-refractivity contribution in [3.8, 4) is 51.0 Å². The van der Waals surface area contributed by atoms with Crippen molar-refractivity contribution >= 4 is 107 Å². The van der Waals surface area contributed by atoms with Crippen molar-refractivity contribution in [3.05, 3.63) is 194 Å². The molecule has 0 aliphatic heterocycles. The monoisotopic (exact) mass is 852 g/mol. The fourth-order valence-electron chi connectivity index (χ4n) is 9.75. The average molecular weight is 853 g/mol.